The fourth-order valence-electron chi connectivity index (χ4n) is 3.27. The molecule has 2 unspecified atom stereocenters. The van der Waals surface area contributed by atoms with Gasteiger partial charge in [-0.05, 0) is 29.9 Å². The van der Waals surface area contributed by atoms with Gasteiger partial charge in [0.15, 0.2) is 0 Å². The molecular formula is C19H22N2O2S. The Labute approximate surface area is 146 Å². The van der Waals surface area contributed by atoms with Gasteiger partial charge in [-0.25, -0.2) is 0 Å². The molecular weight excluding hydrogens is 320 g/mol. The van der Waals surface area contributed by atoms with E-state index in [9.17, 15) is 9.59 Å². The summed E-state index contributed by atoms with van der Waals surface area (Å²) in [6.07, 6.45) is 1.87. The Hall–Kier alpha value is -2.14. The highest BCUT2D eigenvalue weighted by Gasteiger charge is 2.39. The predicted octanol–water partition coefficient (Wildman–Crippen LogP) is 3.02. The molecule has 2 amide bonds. The maximum absolute atomic E-state index is 12.7. The van der Waals surface area contributed by atoms with Crippen LogP contribution in [0, 0.1) is 5.92 Å². The lowest BCUT2D eigenvalue weighted by Gasteiger charge is -2.37. The van der Waals surface area contributed by atoms with Crippen molar-refractivity contribution in [3.8, 4) is 0 Å². The molecule has 5 heteroatoms. The molecule has 0 bridgehead atoms. The lowest BCUT2D eigenvalue weighted by atomic mass is 9.87. The Bertz CT molecular complexity index is 685. The summed E-state index contributed by atoms with van der Waals surface area (Å²) in [5.74, 6) is -0.0208. The van der Waals surface area contributed by atoms with E-state index in [1.54, 1.807) is 23.3 Å². The molecule has 1 aromatic carbocycles. The predicted molar refractivity (Wildman–Crippen MR) is 95.7 cm³/mol. The van der Waals surface area contributed by atoms with Gasteiger partial charge in [-0.3, -0.25) is 9.59 Å². The largest absolute Gasteiger partial charge is 0.355 e. The summed E-state index contributed by atoms with van der Waals surface area (Å²) in [5.41, 5.74) is 1.21. The molecule has 0 saturated carbocycles. The number of thiophene rings is 1. The van der Waals surface area contributed by atoms with E-state index in [2.05, 4.69) is 17.4 Å². The van der Waals surface area contributed by atoms with Gasteiger partial charge in [-0.15, -0.1) is 11.3 Å². The first kappa shape index (κ1) is 16.7. The second kappa shape index (κ2) is 7.62. The van der Waals surface area contributed by atoms with Crippen molar-refractivity contribution in [1.29, 1.82) is 0 Å². The van der Waals surface area contributed by atoms with Crippen LogP contribution in [0.25, 0.3) is 0 Å². The first-order valence-electron chi connectivity index (χ1n) is 8.27. The first-order valence-corrected chi connectivity index (χ1v) is 9.15. The van der Waals surface area contributed by atoms with Gasteiger partial charge < -0.3 is 10.2 Å². The Morgan fingerprint density at radius 1 is 1.25 bits per heavy atom. The molecule has 0 spiro atoms. The first-order chi connectivity index (χ1) is 11.7. The Morgan fingerprint density at radius 2 is 2.04 bits per heavy atom. The van der Waals surface area contributed by atoms with Gasteiger partial charge in [0.05, 0.1) is 12.0 Å². The summed E-state index contributed by atoms with van der Waals surface area (Å²) in [4.78, 5) is 27.6. The smallest absolute Gasteiger partial charge is 0.225 e. The number of hydrogen-bond donors (Lipinski definition) is 1. The molecule has 1 N–H and O–H groups in total. The van der Waals surface area contributed by atoms with Gasteiger partial charge in [0.1, 0.15) is 0 Å². The average Bonchev–Trinajstić information content (AvgIpc) is 3.12. The normalized spacial score (nSPS) is 20.9. The van der Waals surface area contributed by atoms with E-state index in [0.717, 1.165) is 11.3 Å². The summed E-state index contributed by atoms with van der Waals surface area (Å²) in [6, 6.07) is 14.0. The van der Waals surface area contributed by atoms with Crippen LogP contribution in [-0.2, 0) is 16.0 Å². The molecule has 1 saturated heterocycles. The van der Waals surface area contributed by atoms with Crippen molar-refractivity contribution >= 4 is 23.2 Å². The standard InChI is InChI=1S/C19H22N2O2S/c1-21-17(22)10-9-15(18(21)16-8-5-13-24-16)19(23)20-12-11-14-6-3-2-4-7-14/h2-8,13,15,18H,9-12H2,1H3,(H,20,23). The van der Waals surface area contributed by atoms with Crippen LogP contribution in [0.5, 0.6) is 0 Å². The molecule has 126 valence electrons. The number of rotatable bonds is 5. The molecule has 2 atom stereocenters. The maximum Gasteiger partial charge on any atom is 0.225 e. The second-order valence-electron chi connectivity index (χ2n) is 6.14. The van der Waals surface area contributed by atoms with Crippen LogP contribution in [0.4, 0.5) is 0 Å². The van der Waals surface area contributed by atoms with Crippen molar-refractivity contribution in [2.24, 2.45) is 5.92 Å². The molecule has 4 nitrogen and oxygen atoms in total. The van der Waals surface area contributed by atoms with Crippen molar-refractivity contribution in [2.75, 3.05) is 13.6 Å². The Morgan fingerprint density at radius 3 is 2.75 bits per heavy atom. The maximum atomic E-state index is 12.7. The highest BCUT2D eigenvalue weighted by molar-refractivity contribution is 7.10. The average molecular weight is 342 g/mol. The van der Waals surface area contributed by atoms with Gasteiger partial charge in [-0.2, -0.15) is 0 Å². The minimum absolute atomic E-state index is 0.0451. The van der Waals surface area contributed by atoms with E-state index >= 15 is 0 Å². The SMILES string of the molecule is CN1C(=O)CCC(C(=O)NCCc2ccccc2)C1c1cccs1. The highest BCUT2D eigenvalue weighted by atomic mass is 32.1. The van der Waals surface area contributed by atoms with Crippen LogP contribution < -0.4 is 5.32 Å². The van der Waals surface area contributed by atoms with E-state index in [1.807, 2.05) is 35.7 Å². The topological polar surface area (TPSA) is 49.4 Å². The third-order valence-corrected chi connectivity index (χ3v) is 5.53. The third kappa shape index (κ3) is 3.67. The number of carbonyl (C=O) groups is 2. The summed E-state index contributed by atoms with van der Waals surface area (Å²) < 4.78 is 0. The fraction of sp³-hybridized carbons (Fsp3) is 0.368. The lowest BCUT2D eigenvalue weighted by Crippen LogP contribution is -2.46. The lowest BCUT2D eigenvalue weighted by molar-refractivity contribution is -0.141. The van der Waals surface area contributed by atoms with Gasteiger partial charge in [0.25, 0.3) is 0 Å². The van der Waals surface area contributed by atoms with Crippen LogP contribution in [-0.4, -0.2) is 30.3 Å². The van der Waals surface area contributed by atoms with Crippen molar-refractivity contribution in [2.45, 2.75) is 25.3 Å². The van der Waals surface area contributed by atoms with Crippen LogP contribution in [0.2, 0.25) is 0 Å². The Balaban J connectivity index is 1.64. The molecule has 1 aliphatic rings. The van der Waals surface area contributed by atoms with Gasteiger partial charge >= 0.3 is 0 Å². The number of nitrogens with one attached hydrogen (secondary N) is 1. The van der Waals surface area contributed by atoms with E-state index in [4.69, 9.17) is 0 Å². The molecule has 1 aliphatic heterocycles. The number of amides is 2. The van der Waals surface area contributed by atoms with Gasteiger partial charge in [-0.1, -0.05) is 36.4 Å². The number of benzene rings is 1. The highest BCUT2D eigenvalue weighted by Crippen LogP contribution is 2.37. The summed E-state index contributed by atoms with van der Waals surface area (Å²) in [6.45, 7) is 0.619. The molecule has 1 aromatic heterocycles. The molecule has 24 heavy (non-hydrogen) atoms. The Kier molecular flexibility index (Phi) is 5.30. The molecule has 2 heterocycles. The van der Waals surface area contributed by atoms with Crippen molar-refractivity contribution in [3.63, 3.8) is 0 Å². The van der Waals surface area contributed by atoms with Crippen LogP contribution >= 0.6 is 11.3 Å². The molecule has 0 radical (unpaired) electrons. The summed E-state index contributed by atoms with van der Waals surface area (Å²) in [5, 5.41) is 5.05. The zero-order valence-corrected chi connectivity index (χ0v) is 14.6. The van der Waals surface area contributed by atoms with Crippen molar-refractivity contribution in [3.05, 3.63) is 58.3 Å². The van der Waals surface area contributed by atoms with Gasteiger partial charge in [0, 0.05) is 24.9 Å². The van der Waals surface area contributed by atoms with Crippen LogP contribution in [0.1, 0.15) is 29.3 Å². The van der Waals surface area contributed by atoms with E-state index in [0.29, 0.717) is 19.4 Å². The second-order valence-corrected chi connectivity index (χ2v) is 7.12. The molecule has 1 fully saturated rings. The summed E-state index contributed by atoms with van der Waals surface area (Å²) >= 11 is 1.60. The van der Waals surface area contributed by atoms with E-state index < -0.39 is 0 Å². The zero-order valence-electron chi connectivity index (χ0n) is 13.8. The minimum Gasteiger partial charge on any atom is -0.355 e. The van der Waals surface area contributed by atoms with Crippen molar-refractivity contribution in [1.82, 2.24) is 10.2 Å². The molecule has 2 aromatic rings. The minimum atomic E-state index is -0.179. The summed E-state index contributed by atoms with van der Waals surface area (Å²) in [7, 11) is 1.80. The zero-order chi connectivity index (χ0) is 16.9. The third-order valence-electron chi connectivity index (χ3n) is 4.59. The van der Waals surface area contributed by atoms with Crippen LogP contribution in [0.3, 0.4) is 0 Å². The van der Waals surface area contributed by atoms with Crippen molar-refractivity contribution < 1.29 is 9.59 Å². The van der Waals surface area contributed by atoms with Gasteiger partial charge in [0.2, 0.25) is 11.8 Å². The van der Waals surface area contributed by atoms with E-state index in [-0.39, 0.29) is 23.8 Å². The molecule has 3 rings (SSSR count). The number of nitrogens with zero attached hydrogens (tertiary/aromatic N) is 1. The molecule has 0 aliphatic carbocycles. The number of piperidine rings is 1. The number of likely N-dealkylation sites (tertiary alicyclic amines) is 1. The van der Waals surface area contributed by atoms with E-state index in [1.165, 1.54) is 5.56 Å². The number of carbonyl (C=O) groups excluding carboxylic acids is 2. The number of hydrogen-bond acceptors (Lipinski definition) is 3. The fourth-order valence-corrected chi connectivity index (χ4v) is 4.20. The quantitative estimate of drug-likeness (QED) is 0.908. The monoisotopic (exact) mass is 342 g/mol. The van der Waals surface area contributed by atoms with Crippen LogP contribution in [0.15, 0.2) is 47.8 Å².